The van der Waals surface area contributed by atoms with Crippen LogP contribution in [0.25, 0.3) is 0 Å². The van der Waals surface area contributed by atoms with Crippen LogP contribution < -0.4 is 10.5 Å². The molecule has 0 amide bonds. The van der Waals surface area contributed by atoms with Gasteiger partial charge in [-0.3, -0.25) is 5.10 Å². The van der Waals surface area contributed by atoms with Gasteiger partial charge < -0.3 is 5.73 Å². The standard InChI is InChI=1S/C5H8F2N4O2S/c6-5(7)14(12,13)10-2-3-1-9-11-4(3)8/h1,5,10H,2H2,(H3,8,9,11). The van der Waals surface area contributed by atoms with Crippen molar-refractivity contribution in [1.82, 2.24) is 14.9 Å². The summed E-state index contributed by atoms with van der Waals surface area (Å²) in [6.07, 6.45) is 1.25. The Bertz CT molecular complexity index is 402. The van der Waals surface area contributed by atoms with Gasteiger partial charge in [-0.1, -0.05) is 0 Å². The second-order valence-electron chi connectivity index (χ2n) is 2.44. The molecule has 1 aromatic heterocycles. The third-order valence-electron chi connectivity index (χ3n) is 1.45. The monoisotopic (exact) mass is 226 g/mol. The van der Waals surface area contributed by atoms with E-state index in [4.69, 9.17) is 5.73 Å². The number of sulfonamides is 1. The molecule has 0 aliphatic rings. The molecule has 0 bridgehead atoms. The maximum Gasteiger partial charge on any atom is 0.350 e. The average molecular weight is 226 g/mol. The third-order valence-corrected chi connectivity index (χ3v) is 2.47. The minimum Gasteiger partial charge on any atom is -0.384 e. The number of anilines is 1. The summed E-state index contributed by atoms with van der Waals surface area (Å²) in [6.45, 7) is -0.311. The summed E-state index contributed by atoms with van der Waals surface area (Å²) in [5.74, 6) is -3.31. The minimum atomic E-state index is -4.57. The third kappa shape index (κ3) is 2.39. The van der Waals surface area contributed by atoms with Crippen LogP contribution in [0.3, 0.4) is 0 Å². The van der Waals surface area contributed by atoms with Crippen molar-refractivity contribution >= 4 is 15.8 Å². The van der Waals surface area contributed by atoms with Crippen LogP contribution in [-0.2, 0) is 16.6 Å². The molecular weight excluding hydrogens is 218 g/mol. The van der Waals surface area contributed by atoms with Gasteiger partial charge in [0.05, 0.1) is 6.20 Å². The van der Waals surface area contributed by atoms with Gasteiger partial charge in [0.2, 0.25) is 0 Å². The Hall–Kier alpha value is -1.22. The lowest BCUT2D eigenvalue weighted by atomic mass is 10.3. The largest absolute Gasteiger partial charge is 0.384 e. The van der Waals surface area contributed by atoms with Crippen molar-refractivity contribution in [3.05, 3.63) is 11.8 Å². The van der Waals surface area contributed by atoms with E-state index in [-0.39, 0.29) is 12.4 Å². The molecule has 0 spiro atoms. The van der Waals surface area contributed by atoms with Crippen molar-refractivity contribution in [2.75, 3.05) is 5.73 Å². The van der Waals surface area contributed by atoms with Gasteiger partial charge in [-0.25, -0.2) is 13.1 Å². The summed E-state index contributed by atoms with van der Waals surface area (Å²) in [6, 6.07) is 0. The molecule has 1 rings (SSSR count). The van der Waals surface area contributed by atoms with Crippen LogP contribution in [-0.4, -0.2) is 24.4 Å². The van der Waals surface area contributed by atoms with E-state index in [1.165, 1.54) is 6.20 Å². The zero-order chi connectivity index (χ0) is 10.8. The van der Waals surface area contributed by atoms with E-state index in [2.05, 4.69) is 10.2 Å². The molecule has 0 saturated carbocycles. The Labute approximate surface area is 78.5 Å². The first-order valence-corrected chi connectivity index (χ1v) is 5.02. The lowest BCUT2D eigenvalue weighted by Gasteiger charge is -2.03. The van der Waals surface area contributed by atoms with Gasteiger partial charge in [0.15, 0.2) is 0 Å². The maximum absolute atomic E-state index is 11.8. The van der Waals surface area contributed by atoms with Gasteiger partial charge in [0, 0.05) is 12.1 Å². The lowest BCUT2D eigenvalue weighted by Crippen LogP contribution is -2.29. The van der Waals surface area contributed by atoms with E-state index >= 15 is 0 Å². The highest BCUT2D eigenvalue weighted by Gasteiger charge is 2.23. The zero-order valence-corrected chi connectivity index (χ0v) is 7.68. The van der Waals surface area contributed by atoms with Crippen molar-refractivity contribution in [2.24, 2.45) is 0 Å². The highest BCUT2D eigenvalue weighted by Crippen LogP contribution is 2.08. The second kappa shape index (κ2) is 3.88. The van der Waals surface area contributed by atoms with Crippen molar-refractivity contribution in [2.45, 2.75) is 12.3 Å². The van der Waals surface area contributed by atoms with E-state index in [0.717, 1.165) is 0 Å². The molecule has 0 fully saturated rings. The number of rotatable bonds is 4. The summed E-state index contributed by atoms with van der Waals surface area (Å²) >= 11 is 0. The van der Waals surface area contributed by atoms with Crippen LogP contribution in [0.15, 0.2) is 6.20 Å². The van der Waals surface area contributed by atoms with Gasteiger partial charge in [-0.05, 0) is 0 Å². The molecule has 1 aromatic rings. The molecule has 0 radical (unpaired) electrons. The number of H-pyrrole nitrogens is 1. The first-order valence-electron chi connectivity index (χ1n) is 3.48. The first kappa shape index (κ1) is 10.9. The summed E-state index contributed by atoms with van der Waals surface area (Å²) in [7, 11) is -4.57. The average Bonchev–Trinajstić information content (AvgIpc) is 2.47. The number of aromatic amines is 1. The van der Waals surface area contributed by atoms with Gasteiger partial charge in [-0.2, -0.15) is 13.9 Å². The molecule has 0 unspecified atom stereocenters. The van der Waals surface area contributed by atoms with Crippen LogP contribution in [0.5, 0.6) is 0 Å². The van der Waals surface area contributed by atoms with E-state index in [1.807, 2.05) is 0 Å². The number of alkyl halides is 2. The number of halogens is 2. The van der Waals surface area contributed by atoms with Crippen LogP contribution in [0.2, 0.25) is 0 Å². The fraction of sp³-hybridized carbons (Fsp3) is 0.400. The molecule has 4 N–H and O–H groups in total. The molecular formula is C5H8F2N4O2S. The highest BCUT2D eigenvalue weighted by atomic mass is 32.2. The Kier molecular flexibility index (Phi) is 3.01. The van der Waals surface area contributed by atoms with Crippen LogP contribution in [0.1, 0.15) is 5.56 Å². The highest BCUT2D eigenvalue weighted by molar-refractivity contribution is 7.89. The summed E-state index contributed by atoms with van der Waals surface area (Å²) in [5, 5.41) is 5.83. The predicted molar refractivity (Wildman–Crippen MR) is 44.8 cm³/mol. The van der Waals surface area contributed by atoms with E-state index < -0.39 is 15.8 Å². The first-order chi connectivity index (χ1) is 6.43. The minimum absolute atomic E-state index is 0.141. The SMILES string of the molecule is Nc1[nH]ncc1CNS(=O)(=O)C(F)F. The van der Waals surface area contributed by atoms with Gasteiger partial charge in [0.1, 0.15) is 5.82 Å². The van der Waals surface area contributed by atoms with Gasteiger partial charge >= 0.3 is 5.76 Å². The summed E-state index contributed by atoms with van der Waals surface area (Å²) < 4.78 is 46.6. The van der Waals surface area contributed by atoms with Crippen molar-refractivity contribution in [1.29, 1.82) is 0 Å². The quantitative estimate of drug-likeness (QED) is 0.652. The molecule has 9 heteroatoms. The van der Waals surface area contributed by atoms with E-state index in [0.29, 0.717) is 5.56 Å². The van der Waals surface area contributed by atoms with E-state index in [1.54, 1.807) is 4.72 Å². The topological polar surface area (TPSA) is 101 Å². The van der Waals surface area contributed by atoms with Crippen molar-refractivity contribution in [3.8, 4) is 0 Å². The Morgan fingerprint density at radius 1 is 1.64 bits per heavy atom. The Morgan fingerprint density at radius 3 is 2.71 bits per heavy atom. The summed E-state index contributed by atoms with van der Waals surface area (Å²) in [5.41, 5.74) is 5.62. The number of hydrogen-bond donors (Lipinski definition) is 3. The molecule has 0 aliphatic heterocycles. The molecule has 0 atom stereocenters. The van der Waals surface area contributed by atoms with Gasteiger partial charge in [-0.15, -0.1) is 0 Å². The van der Waals surface area contributed by atoms with Crippen LogP contribution >= 0.6 is 0 Å². The molecule has 1 heterocycles. The fourth-order valence-electron chi connectivity index (χ4n) is 0.703. The number of hydrogen-bond acceptors (Lipinski definition) is 4. The lowest BCUT2D eigenvalue weighted by molar-refractivity contribution is 0.232. The van der Waals surface area contributed by atoms with Crippen LogP contribution in [0.4, 0.5) is 14.6 Å². The van der Waals surface area contributed by atoms with Crippen LogP contribution in [0, 0.1) is 0 Å². The number of nitrogens with zero attached hydrogens (tertiary/aromatic N) is 1. The number of nitrogen functional groups attached to an aromatic ring is 1. The molecule has 0 saturated heterocycles. The second-order valence-corrected chi connectivity index (χ2v) is 4.17. The van der Waals surface area contributed by atoms with Crippen molar-refractivity contribution in [3.63, 3.8) is 0 Å². The zero-order valence-electron chi connectivity index (χ0n) is 6.87. The van der Waals surface area contributed by atoms with E-state index in [9.17, 15) is 17.2 Å². The normalized spacial score (nSPS) is 12.2. The molecule has 14 heavy (non-hydrogen) atoms. The maximum atomic E-state index is 11.8. The predicted octanol–water partition coefficient (Wildman–Crippen LogP) is -0.366. The number of nitrogens with one attached hydrogen (secondary N) is 2. The molecule has 6 nitrogen and oxygen atoms in total. The smallest absolute Gasteiger partial charge is 0.350 e. The van der Waals surface area contributed by atoms with Crippen molar-refractivity contribution < 1.29 is 17.2 Å². The molecule has 0 aromatic carbocycles. The Balaban J connectivity index is 2.62. The molecule has 0 aliphatic carbocycles. The van der Waals surface area contributed by atoms with Gasteiger partial charge in [0.25, 0.3) is 10.0 Å². The number of aromatic nitrogens is 2. The number of nitrogens with two attached hydrogens (primary N) is 1. The summed E-state index contributed by atoms with van der Waals surface area (Å²) in [4.78, 5) is 0. The Morgan fingerprint density at radius 2 is 2.29 bits per heavy atom. The molecule has 80 valence electrons. The fourth-order valence-corrected chi connectivity index (χ4v) is 1.19.